The molecule has 0 aromatic heterocycles. The molecule has 30 heavy (non-hydrogen) atoms. The third kappa shape index (κ3) is 3.74. The van der Waals surface area contributed by atoms with E-state index in [9.17, 15) is 17.6 Å². The molecule has 0 amide bonds. The van der Waals surface area contributed by atoms with Crippen molar-refractivity contribution in [2.45, 2.75) is 0 Å². The van der Waals surface area contributed by atoms with Crippen LogP contribution in [0, 0.1) is 23.3 Å². The van der Waals surface area contributed by atoms with E-state index in [1.165, 1.54) is 12.1 Å². The van der Waals surface area contributed by atoms with Crippen molar-refractivity contribution in [1.82, 2.24) is 0 Å². The van der Waals surface area contributed by atoms with Gasteiger partial charge in [0.25, 0.3) is 0 Å². The Morgan fingerprint density at radius 1 is 0.500 bits per heavy atom. The van der Waals surface area contributed by atoms with E-state index in [4.69, 9.17) is 0 Å². The predicted octanol–water partition coefficient (Wildman–Crippen LogP) is 7.58. The summed E-state index contributed by atoms with van der Waals surface area (Å²) in [6, 6.07) is 21.1. The van der Waals surface area contributed by atoms with Crippen LogP contribution in [0.15, 0.2) is 83.9 Å². The van der Waals surface area contributed by atoms with Gasteiger partial charge < -0.3 is 0 Å². The Kier molecular flexibility index (Phi) is 5.19. The first-order valence-electron chi connectivity index (χ1n) is 9.08. The highest BCUT2D eigenvalue weighted by Crippen LogP contribution is 2.31. The highest BCUT2D eigenvalue weighted by Gasteiger charge is 2.14. The van der Waals surface area contributed by atoms with Crippen molar-refractivity contribution in [3.05, 3.63) is 102 Å². The standard InChI is InChI=1S/C25H15F4N/c1-30-20-9-6-16(7-10-20)15-2-4-17(5-3-15)18-8-11-21(22(26)12-18)19-13-23(27)25(29)24(28)14-19/h2-14H,1H2. The molecule has 0 saturated carbocycles. The molecule has 0 aliphatic heterocycles. The van der Waals surface area contributed by atoms with E-state index < -0.39 is 23.3 Å². The van der Waals surface area contributed by atoms with Crippen LogP contribution in [0.4, 0.5) is 23.2 Å². The monoisotopic (exact) mass is 405 g/mol. The lowest BCUT2D eigenvalue weighted by molar-refractivity contribution is 0.447. The Bertz CT molecular complexity index is 1210. The fraction of sp³-hybridized carbons (Fsp3) is 0. The summed E-state index contributed by atoms with van der Waals surface area (Å²) in [6.45, 7) is 3.49. The van der Waals surface area contributed by atoms with E-state index in [2.05, 4.69) is 11.7 Å². The van der Waals surface area contributed by atoms with E-state index in [1.54, 1.807) is 6.07 Å². The molecular weight excluding hydrogens is 390 g/mol. The highest BCUT2D eigenvalue weighted by molar-refractivity contribution is 5.74. The minimum Gasteiger partial charge on any atom is -0.265 e. The number of hydrogen-bond donors (Lipinski definition) is 0. The third-order valence-electron chi connectivity index (χ3n) is 4.87. The van der Waals surface area contributed by atoms with Gasteiger partial charge in [0.2, 0.25) is 0 Å². The smallest absolute Gasteiger partial charge is 0.194 e. The zero-order valence-electron chi connectivity index (χ0n) is 15.7. The van der Waals surface area contributed by atoms with Crippen LogP contribution in [0.25, 0.3) is 33.4 Å². The predicted molar refractivity (Wildman–Crippen MR) is 112 cm³/mol. The van der Waals surface area contributed by atoms with Gasteiger partial charge in [0, 0.05) is 5.56 Å². The average Bonchev–Trinajstić information content (AvgIpc) is 2.77. The third-order valence-corrected chi connectivity index (χ3v) is 4.87. The molecule has 0 N–H and O–H groups in total. The summed E-state index contributed by atoms with van der Waals surface area (Å²) in [7, 11) is 0. The van der Waals surface area contributed by atoms with E-state index in [0.717, 1.165) is 34.5 Å². The van der Waals surface area contributed by atoms with Gasteiger partial charge in [-0.25, -0.2) is 17.6 Å². The van der Waals surface area contributed by atoms with Crippen molar-refractivity contribution in [2.24, 2.45) is 4.99 Å². The van der Waals surface area contributed by atoms with Gasteiger partial charge in [-0.1, -0.05) is 48.5 Å². The fourth-order valence-electron chi connectivity index (χ4n) is 3.25. The highest BCUT2D eigenvalue weighted by atomic mass is 19.2. The molecular formula is C25H15F4N. The molecule has 5 heteroatoms. The van der Waals surface area contributed by atoms with Crippen molar-refractivity contribution < 1.29 is 17.6 Å². The van der Waals surface area contributed by atoms with Crippen LogP contribution in [0.1, 0.15) is 0 Å². The van der Waals surface area contributed by atoms with Crippen molar-refractivity contribution in [3.63, 3.8) is 0 Å². The second-order valence-corrected chi connectivity index (χ2v) is 6.73. The van der Waals surface area contributed by atoms with Gasteiger partial charge in [0.05, 0.1) is 5.69 Å². The number of rotatable bonds is 4. The molecule has 0 unspecified atom stereocenters. The molecule has 4 aromatic carbocycles. The normalized spacial score (nSPS) is 10.8. The van der Waals surface area contributed by atoms with Gasteiger partial charge in [-0.05, 0) is 64.9 Å². The molecule has 0 fully saturated rings. The first kappa shape index (κ1) is 19.6. The molecule has 4 rings (SSSR count). The Balaban J connectivity index is 1.63. The number of nitrogens with zero attached hydrogens (tertiary/aromatic N) is 1. The quantitative estimate of drug-likeness (QED) is 0.189. The van der Waals surface area contributed by atoms with E-state index in [0.29, 0.717) is 5.56 Å². The van der Waals surface area contributed by atoms with E-state index in [1.807, 2.05) is 48.5 Å². The number of aliphatic imine (C=N–C) groups is 1. The summed E-state index contributed by atoms with van der Waals surface area (Å²) in [6.07, 6.45) is 0. The molecule has 0 bridgehead atoms. The van der Waals surface area contributed by atoms with Gasteiger partial charge in [-0.15, -0.1) is 0 Å². The molecule has 0 atom stereocenters. The second kappa shape index (κ2) is 7.95. The lowest BCUT2D eigenvalue weighted by atomic mass is 9.97. The zero-order chi connectivity index (χ0) is 21.3. The summed E-state index contributed by atoms with van der Waals surface area (Å²) >= 11 is 0. The van der Waals surface area contributed by atoms with Crippen LogP contribution in [0.3, 0.4) is 0 Å². The summed E-state index contributed by atoms with van der Waals surface area (Å²) in [5.74, 6) is -4.96. The average molecular weight is 405 g/mol. The molecule has 0 spiro atoms. The van der Waals surface area contributed by atoms with E-state index >= 15 is 0 Å². The minimum atomic E-state index is -1.58. The van der Waals surface area contributed by atoms with Crippen LogP contribution in [0.5, 0.6) is 0 Å². The second-order valence-electron chi connectivity index (χ2n) is 6.73. The van der Waals surface area contributed by atoms with Crippen LogP contribution in [-0.2, 0) is 0 Å². The van der Waals surface area contributed by atoms with Gasteiger partial charge in [0.1, 0.15) is 5.82 Å². The molecule has 0 saturated heterocycles. The Morgan fingerprint density at radius 2 is 0.933 bits per heavy atom. The lowest BCUT2D eigenvalue weighted by Crippen LogP contribution is -1.94. The SMILES string of the molecule is C=Nc1ccc(-c2ccc(-c3ccc(-c4cc(F)c(F)c(F)c4)c(F)c3)cc2)cc1. The van der Waals surface area contributed by atoms with E-state index in [-0.39, 0.29) is 11.1 Å². The van der Waals surface area contributed by atoms with Gasteiger partial charge in [-0.3, -0.25) is 4.99 Å². The topological polar surface area (TPSA) is 12.4 Å². The van der Waals surface area contributed by atoms with Gasteiger partial charge >= 0.3 is 0 Å². The van der Waals surface area contributed by atoms with Crippen molar-refractivity contribution in [1.29, 1.82) is 0 Å². The maximum absolute atomic E-state index is 14.6. The largest absolute Gasteiger partial charge is 0.265 e. The molecule has 4 aromatic rings. The summed E-state index contributed by atoms with van der Waals surface area (Å²) in [5, 5.41) is 0. The van der Waals surface area contributed by atoms with Crippen LogP contribution >= 0.6 is 0 Å². The summed E-state index contributed by atoms with van der Waals surface area (Å²) in [5.41, 5.74) is 4.10. The van der Waals surface area contributed by atoms with Crippen molar-refractivity contribution >= 4 is 12.4 Å². The fourth-order valence-corrected chi connectivity index (χ4v) is 3.25. The number of halogens is 4. The molecule has 0 aliphatic rings. The summed E-state index contributed by atoms with van der Waals surface area (Å²) < 4.78 is 54.8. The first-order chi connectivity index (χ1) is 14.5. The van der Waals surface area contributed by atoms with Crippen LogP contribution in [-0.4, -0.2) is 6.72 Å². The number of benzene rings is 4. The molecule has 0 heterocycles. The van der Waals surface area contributed by atoms with Crippen LogP contribution < -0.4 is 0 Å². The van der Waals surface area contributed by atoms with Gasteiger partial charge in [0.15, 0.2) is 17.5 Å². The Morgan fingerprint density at radius 3 is 1.43 bits per heavy atom. The first-order valence-corrected chi connectivity index (χ1v) is 9.08. The van der Waals surface area contributed by atoms with Crippen LogP contribution in [0.2, 0.25) is 0 Å². The van der Waals surface area contributed by atoms with Crippen molar-refractivity contribution in [2.75, 3.05) is 0 Å². The lowest BCUT2D eigenvalue weighted by Gasteiger charge is -2.09. The maximum atomic E-state index is 14.6. The zero-order valence-corrected chi connectivity index (χ0v) is 15.7. The Hall–Kier alpha value is -3.73. The number of hydrogen-bond acceptors (Lipinski definition) is 1. The molecule has 148 valence electrons. The minimum absolute atomic E-state index is 0.0101. The van der Waals surface area contributed by atoms with Gasteiger partial charge in [-0.2, -0.15) is 0 Å². The molecule has 0 aliphatic carbocycles. The molecule has 0 radical (unpaired) electrons. The Labute approximate surface area is 171 Å². The maximum Gasteiger partial charge on any atom is 0.194 e. The summed E-state index contributed by atoms with van der Waals surface area (Å²) in [4.78, 5) is 3.86. The molecule has 1 nitrogen and oxygen atoms in total. The van der Waals surface area contributed by atoms with Crippen molar-refractivity contribution in [3.8, 4) is 33.4 Å².